The van der Waals surface area contributed by atoms with Crippen LogP contribution in [0.15, 0.2) is 96.4 Å². The number of hydrogen-bond donors (Lipinski definition) is 6. The van der Waals surface area contributed by atoms with Gasteiger partial charge in [-0.3, -0.25) is 19.0 Å². The summed E-state index contributed by atoms with van der Waals surface area (Å²) in [5.74, 6) is -0.278. The van der Waals surface area contributed by atoms with Gasteiger partial charge >= 0.3 is 19.8 Å². The molecule has 17 heteroatoms. The van der Waals surface area contributed by atoms with Crippen LogP contribution in [0.2, 0.25) is 0 Å². The Balaban J connectivity index is 0.852. The van der Waals surface area contributed by atoms with Crippen molar-refractivity contribution in [3.8, 4) is 22.4 Å². The predicted octanol–water partition coefficient (Wildman–Crippen LogP) is 13.1. The molecule has 4 aromatic rings. The van der Waals surface area contributed by atoms with Gasteiger partial charge in [0.25, 0.3) is 11.7 Å². The summed E-state index contributed by atoms with van der Waals surface area (Å²) in [5.41, 5.74) is 4.57. The van der Waals surface area contributed by atoms with Crippen molar-refractivity contribution in [1.82, 2.24) is 4.57 Å². The minimum Gasteiger partial charge on any atom is -0.445 e. The van der Waals surface area contributed by atoms with Gasteiger partial charge in [0.1, 0.15) is 11.9 Å². The summed E-state index contributed by atoms with van der Waals surface area (Å²) in [6.45, 7) is 17.6. The number of aliphatic hydroxyl groups is 4. The van der Waals surface area contributed by atoms with Gasteiger partial charge in [-0.05, 0) is 182 Å². The number of anilines is 1. The fourth-order valence-electron chi connectivity index (χ4n) is 16.0. The molecule has 458 valence electrons. The second-order valence-corrected chi connectivity index (χ2v) is 27.8. The number of halogens is 1. The van der Waals surface area contributed by atoms with E-state index < -0.39 is 80.6 Å². The molecule has 5 aliphatic rings. The lowest BCUT2D eigenvalue weighted by Crippen LogP contribution is -2.54. The first-order chi connectivity index (χ1) is 39.9. The summed E-state index contributed by atoms with van der Waals surface area (Å²) in [6.07, 6.45) is 3.37. The molecule has 0 spiro atoms. The predicted molar refractivity (Wildman–Crippen MR) is 319 cm³/mol. The summed E-state index contributed by atoms with van der Waals surface area (Å²) < 4.78 is 52.4. The summed E-state index contributed by atoms with van der Waals surface area (Å²) in [5, 5.41) is 46.5. The molecule has 2 heterocycles. The fourth-order valence-corrected chi connectivity index (χ4v) is 17.0. The monoisotopic (exact) mass is 1180 g/mol. The Morgan fingerprint density at radius 1 is 0.810 bits per heavy atom. The van der Waals surface area contributed by atoms with Gasteiger partial charge in [-0.1, -0.05) is 117 Å². The van der Waals surface area contributed by atoms with Crippen LogP contribution in [0.4, 0.5) is 10.1 Å². The number of aliphatic hydroxyl groups excluding tert-OH is 4. The highest BCUT2D eigenvalue weighted by Crippen LogP contribution is 2.69. The van der Waals surface area contributed by atoms with Gasteiger partial charge in [0.2, 0.25) is 5.76 Å². The molecule has 6 N–H and O–H groups in total. The SMILES string of the molecule is CC(C)c1c(C(=O)Nc2ccccc2)c(-c2ccccc2)c(-c2ccc(F)cc2)n1CC[C@@H](O)C[C@@H](O)CC(=O)OC1=C(OP(=O)(O)OC2CC[C@@]3(C)[C@@H](CC[C@@H]4[C@@H]3CC[C@]3(C)C([C@H](C)CC[C@@H](C)C(C)C)CC[C@@H]43)C2)C(=O)OC1C(O)CO. The lowest BCUT2D eigenvalue weighted by atomic mass is 9.44. The molecule has 1 aromatic heterocycles. The Morgan fingerprint density at radius 2 is 1.48 bits per heavy atom. The first-order valence-electron chi connectivity index (χ1n) is 30.9. The van der Waals surface area contributed by atoms with Gasteiger partial charge in [0.05, 0.1) is 42.6 Å². The smallest absolute Gasteiger partial charge is 0.445 e. The second kappa shape index (κ2) is 26.4. The number of nitrogens with zero attached hydrogens (tertiary/aromatic N) is 1. The van der Waals surface area contributed by atoms with E-state index in [1.54, 1.807) is 24.3 Å². The molecule has 4 saturated carbocycles. The largest absolute Gasteiger partial charge is 0.528 e. The maximum atomic E-state index is 14.5. The van der Waals surface area contributed by atoms with Crippen molar-refractivity contribution in [3.63, 3.8) is 0 Å². The van der Waals surface area contributed by atoms with Crippen LogP contribution in [0, 0.1) is 64.0 Å². The number of aromatic nitrogens is 1. The normalized spacial score (nSPS) is 28.3. The molecule has 15 nitrogen and oxygen atoms in total. The molecule has 0 radical (unpaired) electrons. The standard InChI is InChI=1S/C67H90FN2O13P/c1-39(2)41(5)19-20-42(6)52-27-28-53-51-26-23-45-35-50(29-32-66(45,7)54(51)30-33-67(52,53)8)82-84(78,79)83-63-62(61(55(74)38-71)81-65(63)77)80-56(75)37-49(73)36-48(72)31-34-70-59(40(3)4)58(64(76)69-47-17-13-10-14-18-47)57(43-15-11-9-12-16-43)60(70)44-21-24-46(68)25-22-44/h9-18,21-22,24-25,39-42,45,48-55,61,71-74H,19-20,23,26-38H2,1-8H3,(H,69,76)(H,78,79)/t41-,42-,45+,48-,49-,50?,51+,52?,53+,54+,55?,61?,66+,67-/m1/s1. The number of carbonyl (C=O) groups excluding carboxylic acids is 3. The molecule has 1 aliphatic heterocycles. The molecule has 5 unspecified atom stereocenters. The number of ether oxygens (including phenoxy) is 2. The minimum atomic E-state index is -5.12. The van der Waals surface area contributed by atoms with Crippen molar-refractivity contribution in [2.75, 3.05) is 11.9 Å². The van der Waals surface area contributed by atoms with E-state index in [1.807, 2.05) is 66.9 Å². The number of carbonyl (C=O) groups is 3. The van der Waals surface area contributed by atoms with E-state index in [4.69, 9.17) is 18.5 Å². The van der Waals surface area contributed by atoms with Crippen LogP contribution in [-0.4, -0.2) is 84.9 Å². The summed E-state index contributed by atoms with van der Waals surface area (Å²) >= 11 is 0. The molecule has 0 saturated heterocycles. The molecular weight excluding hydrogens is 1090 g/mol. The first-order valence-corrected chi connectivity index (χ1v) is 32.4. The molecule has 0 bridgehead atoms. The minimum absolute atomic E-state index is 0.0188. The van der Waals surface area contributed by atoms with E-state index in [9.17, 15) is 48.7 Å². The van der Waals surface area contributed by atoms with E-state index in [2.05, 4.69) is 46.9 Å². The third kappa shape index (κ3) is 13.5. The first kappa shape index (κ1) is 63.3. The van der Waals surface area contributed by atoms with Crippen molar-refractivity contribution < 1.29 is 67.2 Å². The number of fused-ring (bicyclic) bond motifs is 5. The van der Waals surface area contributed by atoms with E-state index in [0.717, 1.165) is 36.7 Å². The zero-order chi connectivity index (χ0) is 60.4. The Labute approximate surface area is 495 Å². The molecule has 84 heavy (non-hydrogen) atoms. The Hall–Kier alpha value is -5.19. The van der Waals surface area contributed by atoms with Gasteiger partial charge in [0, 0.05) is 23.5 Å². The van der Waals surface area contributed by atoms with E-state index in [-0.39, 0.29) is 42.5 Å². The lowest BCUT2D eigenvalue weighted by Gasteiger charge is -2.61. The quantitative estimate of drug-likeness (QED) is 0.0284. The second-order valence-electron chi connectivity index (χ2n) is 26.5. The summed E-state index contributed by atoms with van der Waals surface area (Å²) in [4.78, 5) is 52.8. The van der Waals surface area contributed by atoms with Crippen LogP contribution in [0.25, 0.3) is 22.4 Å². The van der Waals surface area contributed by atoms with E-state index >= 15 is 0 Å². The number of amides is 1. The number of phosphoric acid groups is 1. The highest BCUT2D eigenvalue weighted by molar-refractivity contribution is 7.47. The number of esters is 2. The third-order valence-corrected chi connectivity index (χ3v) is 21.6. The van der Waals surface area contributed by atoms with E-state index in [1.165, 1.54) is 50.7 Å². The van der Waals surface area contributed by atoms with Gasteiger partial charge < -0.3 is 44.3 Å². The van der Waals surface area contributed by atoms with Crippen LogP contribution >= 0.6 is 7.82 Å². The Kier molecular flexibility index (Phi) is 19.9. The van der Waals surface area contributed by atoms with Crippen LogP contribution in [0.1, 0.15) is 167 Å². The van der Waals surface area contributed by atoms with Crippen molar-refractivity contribution in [2.45, 2.75) is 188 Å². The van der Waals surface area contributed by atoms with E-state index in [0.29, 0.717) is 81.6 Å². The zero-order valence-electron chi connectivity index (χ0n) is 50.3. The van der Waals surface area contributed by atoms with Crippen molar-refractivity contribution in [2.24, 2.45) is 58.2 Å². The van der Waals surface area contributed by atoms with Crippen molar-refractivity contribution >= 4 is 31.4 Å². The number of benzene rings is 3. The van der Waals surface area contributed by atoms with Crippen LogP contribution in [0.5, 0.6) is 0 Å². The average molecular weight is 1180 g/mol. The number of para-hydroxylation sites is 1. The molecule has 4 aliphatic carbocycles. The van der Waals surface area contributed by atoms with Crippen molar-refractivity contribution in [3.05, 3.63) is 114 Å². The zero-order valence-corrected chi connectivity index (χ0v) is 51.1. The molecule has 4 fully saturated rings. The average Bonchev–Trinajstić information content (AvgIpc) is 1.54. The number of cyclic esters (lactones) is 1. The number of rotatable bonds is 24. The van der Waals surface area contributed by atoms with Gasteiger partial charge in [-0.2, -0.15) is 0 Å². The number of nitrogens with one attached hydrogen (secondary N) is 1. The van der Waals surface area contributed by atoms with Gasteiger partial charge in [-0.25, -0.2) is 13.8 Å². The number of phosphoric ester groups is 1. The topological polar surface area (TPSA) is 223 Å². The molecular formula is C67H90FN2O13P. The summed E-state index contributed by atoms with van der Waals surface area (Å²) in [7, 11) is -5.12. The third-order valence-electron chi connectivity index (χ3n) is 20.7. The molecule has 3 aromatic carbocycles. The Bertz CT molecular complexity index is 3020. The fraction of sp³-hybridized carbons (Fsp3) is 0.597. The summed E-state index contributed by atoms with van der Waals surface area (Å²) in [6, 6.07) is 24.3. The Morgan fingerprint density at radius 3 is 2.14 bits per heavy atom. The maximum absolute atomic E-state index is 14.5. The highest BCUT2D eigenvalue weighted by atomic mass is 31.2. The van der Waals surface area contributed by atoms with Gasteiger partial charge in [-0.15, -0.1) is 0 Å². The highest BCUT2D eigenvalue weighted by Gasteiger charge is 2.61. The maximum Gasteiger partial charge on any atom is 0.528 e. The van der Waals surface area contributed by atoms with Gasteiger partial charge in [0.15, 0.2) is 6.10 Å². The lowest BCUT2D eigenvalue weighted by molar-refractivity contribution is -0.152. The van der Waals surface area contributed by atoms with Crippen LogP contribution < -0.4 is 5.32 Å². The molecule has 15 atom stereocenters. The van der Waals surface area contributed by atoms with Crippen LogP contribution in [0.3, 0.4) is 0 Å². The molecule has 1 amide bonds. The molecule has 9 rings (SSSR count). The van der Waals surface area contributed by atoms with Crippen LogP contribution in [-0.2, 0) is 39.2 Å². The van der Waals surface area contributed by atoms with Crippen molar-refractivity contribution in [1.29, 1.82) is 0 Å². The number of hydrogen-bond acceptors (Lipinski definition) is 12.